The molecular weight excluding hydrogens is 380 g/mol. The van der Waals surface area contributed by atoms with E-state index in [0.717, 1.165) is 18.8 Å². The molecular formula is C28H46N2O. The Hall–Kier alpha value is -1.35. The van der Waals surface area contributed by atoms with Crippen molar-refractivity contribution in [2.45, 2.75) is 103 Å². The predicted molar refractivity (Wildman–Crippen MR) is 131 cm³/mol. The molecule has 1 aromatic carbocycles. The van der Waals surface area contributed by atoms with Crippen LogP contribution in [0.5, 0.6) is 0 Å². The SMILES string of the molecule is CC(C)CC1C(C)CC2(c3ccccc3)CC1CC(C)(C(N)=O)C2.NC1CCCCC1. The van der Waals surface area contributed by atoms with Crippen molar-refractivity contribution in [2.24, 2.45) is 40.6 Å². The standard InChI is InChI=1S/C22H33NO.C6H13N/c1-15(2)10-19-16(3)11-22(18-8-6-5-7-9-18)13-17(19)12-21(4,14-22)20(23)24;7-6-4-2-1-3-5-6/h5-9,15-17,19H,10-14H2,1-4H3,(H2,23,24);6H,1-5,7H2. The van der Waals surface area contributed by atoms with Crippen molar-refractivity contribution in [2.75, 3.05) is 0 Å². The Morgan fingerprint density at radius 3 is 2.23 bits per heavy atom. The Kier molecular flexibility index (Phi) is 7.89. The van der Waals surface area contributed by atoms with Crippen molar-refractivity contribution in [3.63, 3.8) is 0 Å². The third-order valence-electron chi connectivity index (χ3n) is 8.52. The van der Waals surface area contributed by atoms with E-state index in [0.29, 0.717) is 23.8 Å². The molecule has 2 bridgehead atoms. The molecule has 4 N–H and O–H groups in total. The Balaban J connectivity index is 0.000000330. The maximum Gasteiger partial charge on any atom is 0.223 e. The molecule has 5 atom stereocenters. The fraction of sp³-hybridized carbons (Fsp3) is 0.750. The highest BCUT2D eigenvalue weighted by Crippen LogP contribution is 2.60. The summed E-state index contributed by atoms with van der Waals surface area (Å²) in [5.74, 6) is 2.65. The zero-order valence-corrected chi connectivity index (χ0v) is 20.4. The van der Waals surface area contributed by atoms with Gasteiger partial charge in [-0.1, -0.05) is 77.3 Å². The van der Waals surface area contributed by atoms with E-state index in [1.54, 1.807) is 0 Å². The second-order valence-corrected chi connectivity index (χ2v) is 11.8. The van der Waals surface area contributed by atoms with Crippen molar-refractivity contribution < 1.29 is 4.79 Å². The number of nitrogens with two attached hydrogens (primary N) is 2. The smallest absolute Gasteiger partial charge is 0.223 e. The third-order valence-corrected chi connectivity index (χ3v) is 8.52. The molecule has 3 nitrogen and oxygen atoms in total. The highest BCUT2D eigenvalue weighted by atomic mass is 16.1. The molecule has 5 unspecified atom stereocenters. The van der Waals surface area contributed by atoms with E-state index >= 15 is 0 Å². The second-order valence-electron chi connectivity index (χ2n) is 11.8. The molecule has 0 spiro atoms. The van der Waals surface area contributed by atoms with Crippen LogP contribution >= 0.6 is 0 Å². The highest BCUT2D eigenvalue weighted by Gasteiger charge is 2.55. The predicted octanol–water partition coefficient (Wildman–Crippen LogP) is 6.20. The zero-order chi connectivity index (χ0) is 22.6. The van der Waals surface area contributed by atoms with Crippen LogP contribution in [0.1, 0.15) is 97.5 Å². The minimum absolute atomic E-state index is 0.106. The fourth-order valence-corrected chi connectivity index (χ4v) is 7.15. The van der Waals surface area contributed by atoms with Gasteiger partial charge in [0, 0.05) is 11.5 Å². The van der Waals surface area contributed by atoms with Gasteiger partial charge in [-0.25, -0.2) is 0 Å². The number of amides is 1. The van der Waals surface area contributed by atoms with Crippen LogP contribution in [-0.2, 0) is 10.2 Å². The summed E-state index contributed by atoms with van der Waals surface area (Å²) in [5.41, 5.74) is 12.7. The molecule has 3 aliphatic rings. The van der Waals surface area contributed by atoms with Gasteiger partial charge in [0.2, 0.25) is 5.91 Å². The Bertz CT molecular complexity index is 707. The number of carbonyl (C=O) groups excluding carboxylic acids is 1. The van der Waals surface area contributed by atoms with Gasteiger partial charge in [-0.3, -0.25) is 4.79 Å². The number of benzene rings is 1. The van der Waals surface area contributed by atoms with Crippen LogP contribution in [0.2, 0.25) is 0 Å². The second kappa shape index (κ2) is 10.1. The van der Waals surface area contributed by atoms with Crippen LogP contribution in [-0.4, -0.2) is 11.9 Å². The summed E-state index contributed by atoms with van der Waals surface area (Å²) in [4.78, 5) is 12.3. The van der Waals surface area contributed by atoms with Gasteiger partial charge >= 0.3 is 0 Å². The highest BCUT2D eigenvalue weighted by molar-refractivity contribution is 5.80. The number of carbonyl (C=O) groups is 1. The van der Waals surface area contributed by atoms with Gasteiger partial charge in [0.05, 0.1) is 0 Å². The molecule has 174 valence electrons. The van der Waals surface area contributed by atoms with Gasteiger partial charge in [0.25, 0.3) is 0 Å². The van der Waals surface area contributed by atoms with Crippen LogP contribution in [0, 0.1) is 29.1 Å². The number of fused-ring (bicyclic) bond motifs is 2. The van der Waals surface area contributed by atoms with E-state index in [1.165, 1.54) is 56.9 Å². The molecule has 31 heavy (non-hydrogen) atoms. The minimum atomic E-state index is -0.367. The van der Waals surface area contributed by atoms with Gasteiger partial charge < -0.3 is 11.5 Å². The van der Waals surface area contributed by atoms with E-state index in [2.05, 4.69) is 58.0 Å². The molecule has 0 radical (unpaired) electrons. The molecule has 0 aromatic heterocycles. The van der Waals surface area contributed by atoms with Gasteiger partial charge in [0.1, 0.15) is 0 Å². The molecule has 3 aliphatic carbocycles. The van der Waals surface area contributed by atoms with E-state index in [1.807, 2.05) is 0 Å². The first-order valence-corrected chi connectivity index (χ1v) is 12.8. The first-order valence-electron chi connectivity index (χ1n) is 12.8. The lowest BCUT2D eigenvalue weighted by Crippen LogP contribution is -2.54. The minimum Gasteiger partial charge on any atom is -0.369 e. The van der Waals surface area contributed by atoms with Crippen LogP contribution in [0.3, 0.4) is 0 Å². The average Bonchev–Trinajstić information content (AvgIpc) is 2.72. The average molecular weight is 427 g/mol. The summed E-state index contributed by atoms with van der Waals surface area (Å²) in [6.45, 7) is 9.19. The van der Waals surface area contributed by atoms with Crippen LogP contribution in [0.15, 0.2) is 30.3 Å². The van der Waals surface area contributed by atoms with E-state index in [4.69, 9.17) is 11.5 Å². The van der Waals surface area contributed by atoms with Gasteiger partial charge in [-0.2, -0.15) is 0 Å². The Morgan fingerprint density at radius 1 is 1.06 bits per heavy atom. The largest absolute Gasteiger partial charge is 0.369 e. The fourth-order valence-electron chi connectivity index (χ4n) is 7.15. The molecule has 0 saturated heterocycles. The normalized spacial score (nSPS) is 35.9. The molecule has 4 rings (SSSR count). The molecule has 0 heterocycles. The van der Waals surface area contributed by atoms with Gasteiger partial charge in [-0.15, -0.1) is 0 Å². The van der Waals surface area contributed by atoms with E-state index < -0.39 is 0 Å². The van der Waals surface area contributed by atoms with Crippen molar-refractivity contribution in [3.8, 4) is 0 Å². The molecule has 3 fully saturated rings. The monoisotopic (exact) mass is 426 g/mol. The Morgan fingerprint density at radius 2 is 1.71 bits per heavy atom. The van der Waals surface area contributed by atoms with Crippen molar-refractivity contribution in [1.82, 2.24) is 0 Å². The summed E-state index contributed by atoms with van der Waals surface area (Å²) in [7, 11) is 0. The number of rotatable bonds is 4. The lowest BCUT2D eigenvalue weighted by Gasteiger charge is -2.57. The van der Waals surface area contributed by atoms with Crippen molar-refractivity contribution in [1.29, 1.82) is 0 Å². The number of primary amides is 1. The molecule has 3 saturated carbocycles. The van der Waals surface area contributed by atoms with Gasteiger partial charge in [0.15, 0.2) is 0 Å². The topological polar surface area (TPSA) is 69.1 Å². The van der Waals surface area contributed by atoms with Crippen molar-refractivity contribution >= 4 is 5.91 Å². The summed E-state index contributed by atoms with van der Waals surface area (Å²) in [6, 6.07) is 11.4. The molecule has 1 aromatic rings. The van der Waals surface area contributed by atoms with Crippen LogP contribution in [0.4, 0.5) is 0 Å². The third kappa shape index (κ3) is 5.72. The summed E-state index contributed by atoms with van der Waals surface area (Å²) < 4.78 is 0. The first kappa shape index (κ1) is 24.3. The number of hydrogen-bond acceptors (Lipinski definition) is 2. The molecule has 0 aliphatic heterocycles. The van der Waals surface area contributed by atoms with Crippen LogP contribution in [0.25, 0.3) is 0 Å². The maximum absolute atomic E-state index is 12.3. The summed E-state index contributed by atoms with van der Waals surface area (Å²) in [6.07, 6.45) is 12.2. The Labute approximate surface area is 190 Å². The lowest BCUT2D eigenvalue weighted by atomic mass is 9.47. The maximum atomic E-state index is 12.3. The van der Waals surface area contributed by atoms with E-state index in [9.17, 15) is 4.79 Å². The van der Waals surface area contributed by atoms with E-state index in [-0.39, 0.29) is 16.7 Å². The van der Waals surface area contributed by atoms with Crippen molar-refractivity contribution in [3.05, 3.63) is 35.9 Å². The summed E-state index contributed by atoms with van der Waals surface area (Å²) >= 11 is 0. The molecule has 1 amide bonds. The number of hydrogen-bond donors (Lipinski definition) is 2. The van der Waals surface area contributed by atoms with Gasteiger partial charge in [-0.05, 0) is 79.6 Å². The lowest BCUT2D eigenvalue weighted by molar-refractivity contribution is -0.135. The summed E-state index contributed by atoms with van der Waals surface area (Å²) in [5, 5.41) is 0. The van der Waals surface area contributed by atoms with Crippen LogP contribution < -0.4 is 11.5 Å². The quantitative estimate of drug-likeness (QED) is 0.602. The molecule has 3 heteroatoms. The zero-order valence-electron chi connectivity index (χ0n) is 20.4. The first-order chi connectivity index (χ1) is 14.7.